The van der Waals surface area contributed by atoms with Crippen molar-refractivity contribution in [2.24, 2.45) is 5.41 Å². The Hall–Kier alpha value is -0.910. The van der Waals surface area contributed by atoms with Gasteiger partial charge in [-0.05, 0) is 6.42 Å². The molecule has 86 valence electrons. The Kier molecular flexibility index (Phi) is 3.18. The molecule has 1 rings (SSSR count). The smallest absolute Gasteiger partial charge is 0.313 e. The summed E-state index contributed by atoms with van der Waals surface area (Å²) in [6, 6.07) is 0. The van der Waals surface area contributed by atoms with Gasteiger partial charge in [-0.1, -0.05) is 6.92 Å². The summed E-state index contributed by atoms with van der Waals surface area (Å²) in [5.74, 6) is -1.10. The molecule has 15 heavy (non-hydrogen) atoms. The molecule has 0 aromatic carbocycles. The molecular formula is C9H14O5S. The summed E-state index contributed by atoms with van der Waals surface area (Å²) in [5, 5.41) is 0. The number of Topliss-reactive ketones (excluding diaryl/α,β-unsaturated/α-hetero) is 1. The first kappa shape index (κ1) is 12.2. The molecule has 6 heteroatoms. The zero-order valence-corrected chi connectivity index (χ0v) is 9.59. The molecule has 1 atom stereocenters. The molecule has 1 heterocycles. The van der Waals surface area contributed by atoms with Crippen molar-refractivity contribution < 1.29 is 22.7 Å². The summed E-state index contributed by atoms with van der Waals surface area (Å²) in [7, 11) is -1.92. The van der Waals surface area contributed by atoms with Gasteiger partial charge < -0.3 is 4.74 Å². The van der Waals surface area contributed by atoms with E-state index < -0.39 is 21.2 Å². The first-order valence-electron chi connectivity index (χ1n) is 4.60. The zero-order valence-electron chi connectivity index (χ0n) is 8.78. The third-order valence-corrected chi connectivity index (χ3v) is 4.61. The van der Waals surface area contributed by atoms with Crippen molar-refractivity contribution in [2.75, 3.05) is 18.6 Å². The lowest BCUT2D eigenvalue weighted by Gasteiger charge is -2.19. The van der Waals surface area contributed by atoms with E-state index in [-0.39, 0.29) is 23.7 Å². The molecule has 0 radical (unpaired) electrons. The minimum Gasteiger partial charge on any atom is -0.469 e. The molecule has 0 bridgehead atoms. The number of ketones is 1. The largest absolute Gasteiger partial charge is 0.469 e. The first-order chi connectivity index (χ1) is 6.79. The van der Waals surface area contributed by atoms with Crippen molar-refractivity contribution >= 4 is 21.6 Å². The normalized spacial score (nSPS) is 28.7. The van der Waals surface area contributed by atoms with E-state index in [2.05, 4.69) is 4.74 Å². The van der Waals surface area contributed by atoms with Crippen molar-refractivity contribution in [3.05, 3.63) is 0 Å². The molecule has 1 saturated heterocycles. The molecule has 5 nitrogen and oxygen atoms in total. The number of carbonyl (C=O) groups excluding carboxylic acids is 2. The lowest BCUT2D eigenvalue weighted by atomic mass is 9.84. The molecule has 0 aromatic heterocycles. The van der Waals surface area contributed by atoms with E-state index in [4.69, 9.17) is 0 Å². The topological polar surface area (TPSA) is 77.5 Å². The molecule has 0 spiro atoms. The molecule has 0 saturated carbocycles. The van der Waals surface area contributed by atoms with Gasteiger partial charge in [0.15, 0.2) is 15.6 Å². The van der Waals surface area contributed by atoms with Gasteiger partial charge in [-0.25, -0.2) is 8.42 Å². The van der Waals surface area contributed by atoms with E-state index in [0.717, 1.165) is 0 Å². The Morgan fingerprint density at radius 2 is 2.00 bits per heavy atom. The highest BCUT2D eigenvalue weighted by Crippen LogP contribution is 2.33. The predicted molar refractivity (Wildman–Crippen MR) is 53.0 cm³/mol. The van der Waals surface area contributed by atoms with Gasteiger partial charge in [0.05, 0.1) is 18.6 Å². The molecule has 1 aliphatic heterocycles. The molecule has 0 aromatic rings. The Balaban J connectivity index is 2.72. The Labute approximate surface area is 88.7 Å². The number of esters is 1. The van der Waals surface area contributed by atoms with Crippen LogP contribution in [0.4, 0.5) is 0 Å². The molecule has 1 fully saturated rings. The van der Waals surface area contributed by atoms with E-state index in [1.807, 2.05) is 0 Å². The van der Waals surface area contributed by atoms with Gasteiger partial charge in [-0.15, -0.1) is 0 Å². The number of hydrogen-bond acceptors (Lipinski definition) is 5. The molecular weight excluding hydrogens is 220 g/mol. The summed E-state index contributed by atoms with van der Waals surface area (Å²) in [6.07, 6.45) is -0.0479. The Morgan fingerprint density at radius 1 is 1.40 bits per heavy atom. The molecule has 0 N–H and O–H groups in total. The quantitative estimate of drug-likeness (QED) is 0.505. The number of ether oxygens (including phenoxy) is 1. The highest BCUT2D eigenvalue weighted by molar-refractivity contribution is 7.91. The van der Waals surface area contributed by atoms with Crippen LogP contribution in [0.2, 0.25) is 0 Å². The summed E-state index contributed by atoms with van der Waals surface area (Å²) in [5.41, 5.74) is -0.910. The average molecular weight is 234 g/mol. The van der Waals surface area contributed by atoms with Crippen molar-refractivity contribution in [3.63, 3.8) is 0 Å². The van der Waals surface area contributed by atoms with Crippen LogP contribution in [-0.4, -0.2) is 38.8 Å². The molecule has 0 amide bonds. The van der Waals surface area contributed by atoms with Crippen molar-refractivity contribution in [1.82, 2.24) is 0 Å². The van der Waals surface area contributed by atoms with Gasteiger partial charge in [0.2, 0.25) is 0 Å². The maximum atomic E-state index is 11.7. The van der Waals surface area contributed by atoms with Gasteiger partial charge in [0.25, 0.3) is 0 Å². The number of hydrogen-bond donors (Lipinski definition) is 0. The van der Waals surface area contributed by atoms with E-state index in [1.54, 1.807) is 6.92 Å². The Morgan fingerprint density at radius 3 is 2.40 bits per heavy atom. The lowest BCUT2D eigenvalue weighted by Crippen LogP contribution is -2.31. The van der Waals surface area contributed by atoms with Crippen molar-refractivity contribution in [3.8, 4) is 0 Å². The average Bonchev–Trinajstić information content (AvgIpc) is 2.42. The van der Waals surface area contributed by atoms with Crippen LogP contribution in [0, 0.1) is 5.41 Å². The van der Waals surface area contributed by atoms with Crippen LogP contribution in [-0.2, 0) is 24.2 Å². The minimum atomic E-state index is -3.11. The fraction of sp³-hybridized carbons (Fsp3) is 0.778. The SMILES string of the molecule is COC(=O)CC(=O)C1(C)CCS(=O)(=O)C1. The minimum absolute atomic E-state index is 0.0242. The molecule has 1 unspecified atom stereocenters. The van der Waals surface area contributed by atoms with Gasteiger partial charge in [0, 0.05) is 5.41 Å². The van der Waals surface area contributed by atoms with Crippen LogP contribution in [0.5, 0.6) is 0 Å². The van der Waals surface area contributed by atoms with E-state index >= 15 is 0 Å². The molecule has 1 aliphatic rings. The summed E-state index contributed by atoms with van der Waals surface area (Å²) in [6.45, 7) is 1.59. The summed E-state index contributed by atoms with van der Waals surface area (Å²) < 4.78 is 26.8. The van der Waals surface area contributed by atoms with Crippen LogP contribution < -0.4 is 0 Å². The van der Waals surface area contributed by atoms with Crippen LogP contribution in [0.25, 0.3) is 0 Å². The van der Waals surface area contributed by atoms with Gasteiger partial charge in [-0.3, -0.25) is 9.59 Å². The van der Waals surface area contributed by atoms with E-state index in [0.29, 0.717) is 6.42 Å². The van der Waals surface area contributed by atoms with Gasteiger partial charge >= 0.3 is 5.97 Å². The predicted octanol–water partition coefficient (Wildman–Crippen LogP) is -0.0566. The Bertz CT molecular complexity index is 383. The highest BCUT2D eigenvalue weighted by Gasteiger charge is 2.44. The lowest BCUT2D eigenvalue weighted by molar-refractivity contribution is -0.145. The van der Waals surface area contributed by atoms with Crippen LogP contribution >= 0.6 is 0 Å². The summed E-state index contributed by atoms with van der Waals surface area (Å²) >= 11 is 0. The highest BCUT2D eigenvalue weighted by atomic mass is 32.2. The van der Waals surface area contributed by atoms with E-state index in [1.165, 1.54) is 7.11 Å². The second-order valence-corrected chi connectivity index (χ2v) is 6.26. The monoisotopic (exact) mass is 234 g/mol. The first-order valence-corrected chi connectivity index (χ1v) is 6.42. The zero-order chi connectivity index (χ0) is 11.7. The molecule has 0 aliphatic carbocycles. The van der Waals surface area contributed by atoms with Gasteiger partial charge in [0.1, 0.15) is 6.42 Å². The van der Waals surface area contributed by atoms with Crippen LogP contribution in [0.3, 0.4) is 0 Å². The number of sulfone groups is 1. The van der Waals surface area contributed by atoms with E-state index in [9.17, 15) is 18.0 Å². The standard InChI is InChI=1S/C9H14O5S/c1-9(3-4-15(12,13)6-9)7(10)5-8(11)14-2/h3-6H2,1-2H3. The van der Waals surface area contributed by atoms with Crippen LogP contribution in [0.15, 0.2) is 0 Å². The second-order valence-electron chi connectivity index (χ2n) is 4.08. The number of carbonyl (C=O) groups is 2. The fourth-order valence-corrected chi connectivity index (χ4v) is 3.83. The van der Waals surface area contributed by atoms with Crippen molar-refractivity contribution in [2.45, 2.75) is 19.8 Å². The third kappa shape index (κ3) is 2.77. The summed E-state index contributed by atoms with van der Waals surface area (Å²) in [4.78, 5) is 22.5. The number of rotatable bonds is 3. The third-order valence-electron chi connectivity index (χ3n) is 2.71. The second kappa shape index (κ2) is 3.92. The maximum absolute atomic E-state index is 11.7. The van der Waals surface area contributed by atoms with Crippen LogP contribution in [0.1, 0.15) is 19.8 Å². The number of methoxy groups -OCH3 is 1. The fourth-order valence-electron chi connectivity index (χ4n) is 1.65. The maximum Gasteiger partial charge on any atom is 0.313 e. The van der Waals surface area contributed by atoms with Crippen molar-refractivity contribution in [1.29, 1.82) is 0 Å². The van der Waals surface area contributed by atoms with Gasteiger partial charge in [-0.2, -0.15) is 0 Å².